The minimum atomic E-state index is 0. The Kier molecular flexibility index (Phi) is 6.89. The van der Waals surface area contributed by atoms with Crippen LogP contribution < -0.4 is 10.6 Å². The van der Waals surface area contributed by atoms with E-state index >= 15 is 0 Å². The van der Waals surface area contributed by atoms with Gasteiger partial charge in [-0.05, 0) is 43.5 Å². The summed E-state index contributed by atoms with van der Waals surface area (Å²) in [6.45, 7) is 4.12. The third-order valence-electron chi connectivity index (χ3n) is 3.39. The maximum absolute atomic E-state index is 12.0. The van der Waals surface area contributed by atoms with Crippen molar-refractivity contribution in [2.75, 3.05) is 13.1 Å². The Morgan fingerprint density at radius 2 is 2.11 bits per heavy atom. The smallest absolute Gasteiger partial charge is 0.251 e. The molecule has 0 saturated carbocycles. The van der Waals surface area contributed by atoms with E-state index in [9.17, 15) is 4.79 Å². The Hall–Kier alpha value is -1.06. The van der Waals surface area contributed by atoms with E-state index in [0.717, 1.165) is 44.3 Å². The summed E-state index contributed by atoms with van der Waals surface area (Å²) in [5, 5.41) is 6.39. The summed E-state index contributed by atoms with van der Waals surface area (Å²) < 4.78 is 0. The maximum Gasteiger partial charge on any atom is 0.251 e. The maximum atomic E-state index is 12.0. The molecule has 3 nitrogen and oxygen atoms in total. The Labute approximate surface area is 121 Å². The molecule has 1 amide bonds. The second kappa shape index (κ2) is 8.18. The lowest BCUT2D eigenvalue weighted by Gasteiger charge is -2.23. The molecule has 0 spiro atoms. The summed E-state index contributed by atoms with van der Waals surface area (Å²) in [6, 6.07) is 8.24. The molecule has 1 aliphatic rings. The average molecular weight is 283 g/mol. The SMILES string of the molecule is CCCc1ccc(C(=O)N[C@H]2CCCNC2)cc1.Cl. The van der Waals surface area contributed by atoms with Gasteiger partial charge in [0.2, 0.25) is 0 Å². The van der Waals surface area contributed by atoms with Gasteiger partial charge in [0.05, 0.1) is 0 Å². The summed E-state index contributed by atoms with van der Waals surface area (Å²) in [7, 11) is 0. The average Bonchev–Trinajstić information content (AvgIpc) is 2.41. The van der Waals surface area contributed by atoms with Crippen molar-refractivity contribution in [1.29, 1.82) is 0 Å². The molecule has 19 heavy (non-hydrogen) atoms. The quantitative estimate of drug-likeness (QED) is 0.891. The fraction of sp³-hybridized carbons (Fsp3) is 0.533. The fourth-order valence-corrected chi connectivity index (χ4v) is 2.36. The fourth-order valence-electron chi connectivity index (χ4n) is 2.36. The molecule has 4 heteroatoms. The van der Waals surface area contributed by atoms with Gasteiger partial charge < -0.3 is 10.6 Å². The van der Waals surface area contributed by atoms with Crippen molar-refractivity contribution in [3.63, 3.8) is 0 Å². The molecule has 1 atom stereocenters. The normalized spacial score (nSPS) is 18.5. The predicted octanol–water partition coefficient (Wildman–Crippen LogP) is 2.54. The van der Waals surface area contributed by atoms with Crippen molar-refractivity contribution < 1.29 is 4.79 Å². The van der Waals surface area contributed by atoms with Crippen molar-refractivity contribution in [2.24, 2.45) is 0 Å². The second-order valence-corrected chi connectivity index (χ2v) is 4.96. The highest BCUT2D eigenvalue weighted by Crippen LogP contribution is 2.08. The molecule has 0 radical (unpaired) electrons. The van der Waals surface area contributed by atoms with E-state index in [0.29, 0.717) is 0 Å². The van der Waals surface area contributed by atoms with Crippen LogP contribution in [0.4, 0.5) is 0 Å². The van der Waals surface area contributed by atoms with Crippen molar-refractivity contribution >= 4 is 18.3 Å². The van der Waals surface area contributed by atoms with Gasteiger partial charge in [-0.15, -0.1) is 12.4 Å². The molecule has 0 bridgehead atoms. The van der Waals surface area contributed by atoms with E-state index < -0.39 is 0 Å². The number of piperidine rings is 1. The predicted molar refractivity (Wildman–Crippen MR) is 81.0 cm³/mol. The number of rotatable bonds is 4. The van der Waals surface area contributed by atoms with Gasteiger partial charge in [0.25, 0.3) is 5.91 Å². The molecule has 1 aromatic rings. The van der Waals surface area contributed by atoms with Gasteiger partial charge in [0, 0.05) is 18.2 Å². The van der Waals surface area contributed by atoms with E-state index in [1.54, 1.807) is 0 Å². The summed E-state index contributed by atoms with van der Waals surface area (Å²) in [5.41, 5.74) is 2.06. The van der Waals surface area contributed by atoms with E-state index in [-0.39, 0.29) is 24.4 Å². The standard InChI is InChI=1S/C15H22N2O.ClH/c1-2-4-12-6-8-13(9-7-12)15(18)17-14-5-3-10-16-11-14;/h6-9,14,16H,2-5,10-11H2,1H3,(H,17,18);1H/t14-;/m0./s1. The van der Waals surface area contributed by atoms with Crippen molar-refractivity contribution in [2.45, 2.75) is 38.6 Å². The lowest BCUT2D eigenvalue weighted by Crippen LogP contribution is -2.45. The highest BCUT2D eigenvalue weighted by Gasteiger charge is 2.15. The Balaban J connectivity index is 0.00000180. The molecule has 106 valence electrons. The number of nitrogens with one attached hydrogen (secondary N) is 2. The number of amides is 1. The zero-order valence-electron chi connectivity index (χ0n) is 11.4. The molecule has 1 aromatic carbocycles. The topological polar surface area (TPSA) is 41.1 Å². The third-order valence-corrected chi connectivity index (χ3v) is 3.39. The molecular weight excluding hydrogens is 260 g/mol. The van der Waals surface area contributed by atoms with E-state index in [1.165, 1.54) is 5.56 Å². The van der Waals surface area contributed by atoms with Crippen molar-refractivity contribution in [1.82, 2.24) is 10.6 Å². The lowest BCUT2D eigenvalue weighted by atomic mass is 10.1. The molecule has 2 N–H and O–H groups in total. The van der Waals surface area contributed by atoms with Crippen molar-refractivity contribution in [3.05, 3.63) is 35.4 Å². The number of benzene rings is 1. The van der Waals surface area contributed by atoms with Crippen LogP contribution in [0.5, 0.6) is 0 Å². The van der Waals surface area contributed by atoms with Gasteiger partial charge in [-0.25, -0.2) is 0 Å². The molecule has 1 aliphatic heterocycles. The van der Waals surface area contributed by atoms with Gasteiger partial charge >= 0.3 is 0 Å². The number of halogens is 1. The first-order chi connectivity index (χ1) is 8.79. The Morgan fingerprint density at radius 3 is 2.68 bits per heavy atom. The molecule has 1 heterocycles. The van der Waals surface area contributed by atoms with E-state index in [1.807, 2.05) is 12.1 Å². The van der Waals surface area contributed by atoms with Gasteiger partial charge in [-0.2, -0.15) is 0 Å². The minimum Gasteiger partial charge on any atom is -0.348 e. The first-order valence-corrected chi connectivity index (χ1v) is 6.90. The van der Waals surface area contributed by atoms with Crippen LogP contribution in [-0.4, -0.2) is 25.0 Å². The molecule has 1 fully saturated rings. The molecule has 2 rings (SSSR count). The van der Waals surface area contributed by atoms with Crippen LogP contribution in [0.3, 0.4) is 0 Å². The van der Waals surface area contributed by atoms with Crippen LogP contribution in [0.25, 0.3) is 0 Å². The Morgan fingerprint density at radius 1 is 1.37 bits per heavy atom. The van der Waals surface area contributed by atoms with Crippen LogP contribution >= 0.6 is 12.4 Å². The van der Waals surface area contributed by atoms with Crippen molar-refractivity contribution in [3.8, 4) is 0 Å². The first-order valence-electron chi connectivity index (χ1n) is 6.90. The first kappa shape index (κ1) is 16.0. The number of hydrogen-bond acceptors (Lipinski definition) is 2. The molecule has 0 aliphatic carbocycles. The van der Waals surface area contributed by atoms with Crippen LogP contribution in [0.15, 0.2) is 24.3 Å². The monoisotopic (exact) mass is 282 g/mol. The minimum absolute atomic E-state index is 0. The number of carbonyl (C=O) groups excluding carboxylic acids is 1. The number of carbonyl (C=O) groups is 1. The largest absolute Gasteiger partial charge is 0.348 e. The summed E-state index contributed by atoms with van der Waals surface area (Å²) >= 11 is 0. The summed E-state index contributed by atoms with van der Waals surface area (Å²) in [5.74, 6) is 0.0479. The van der Waals surface area contributed by atoms with Crippen LogP contribution in [0.1, 0.15) is 42.1 Å². The zero-order chi connectivity index (χ0) is 12.8. The molecule has 0 unspecified atom stereocenters. The van der Waals surface area contributed by atoms with Crippen LogP contribution in [0.2, 0.25) is 0 Å². The van der Waals surface area contributed by atoms with E-state index in [4.69, 9.17) is 0 Å². The lowest BCUT2D eigenvalue weighted by molar-refractivity contribution is 0.0930. The van der Waals surface area contributed by atoms with Gasteiger partial charge in [0.15, 0.2) is 0 Å². The van der Waals surface area contributed by atoms with Gasteiger partial charge in [0.1, 0.15) is 0 Å². The summed E-state index contributed by atoms with van der Waals surface area (Å²) in [4.78, 5) is 12.0. The molecular formula is C15H23ClN2O. The molecule has 1 saturated heterocycles. The number of aryl methyl sites for hydroxylation is 1. The molecule has 0 aromatic heterocycles. The van der Waals surface area contributed by atoms with E-state index in [2.05, 4.69) is 29.7 Å². The highest BCUT2D eigenvalue weighted by atomic mass is 35.5. The zero-order valence-corrected chi connectivity index (χ0v) is 12.3. The third kappa shape index (κ3) is 4.84. The van der Waals surface area contributed by atoms with Gasteiger partial charge in [-0.1, -0.05) is 25.5 Å². The highest BCUT2D eigenvalue weighted by molar-refractivity contribution is 5.94. The Bertz CT molecular complexity index is 386. The van der Waals surface area contributed by atoms with Gasteiger partial charge in [-0.3, -0.25) is 4.79 Å². The van der Waals surface area contributed by atoms with Crippen LogP contribution in [-0.2, 0) is 6.42 Å². The summed E-state index contributed by atoms with van der Waals surface area (Å²) in [6.07, 6.45) is 4.43. The van der Waals surface area contributed by atoms with Crippen LogP contribution in [0, 0.1) is 0 Å². The number of hydrogen-bond donors (Lipinski definition) is 2. The second-order valence-electron chi connectivity index (χ2n) is 4.96.